The van der Waals surface area contributed by atoms with Crippen molar-refractivity contribution in [3.8, 4) is 0 Å². The molecule has 0 heterocycles. The Bertz CT molecular complexity index is 792. The summed E-state index contributed by atoms with van der Waals surface area (Å²) in [6.07, 6.45) is 2.24. The predicted molar refractivity (Wildman–Crippen MR) is 90.1 cm³/mol. The van der Waals surface area contributed by atoms with Crippen molar-refractivity contribution >= 4 is 21.7 Å². The molecule has 0 atom stereocenters. The van der Waals surface area contributed by atoms with Gasteiger partial charge in [-0.05, 0) is 30.9 Å². The summed E-state index contributed by atoms with van der Waals surface area (Å²) in [5.74, 6) is -0.766. The molecule has 2 rings (SSSR count). The predicted octanol–water partition coefficient (Wildman–Crippen LogP) is 2.31. The van der Waals surface area contributed by atoms with Gasteiger partial charge in [-0.25, -0.2) is 0 Å². The quantitative estimate of drug-likeness (QED) is 0.843. The molecule has 7 heteroatoms. The number of nitrogens with zero attached hydrogens (tertiary/aromatic N) is 1. The molecule has 24 heavy (non-hydrogen) atoms. The molecule has 1 aliphatic rings. The number of sulfonamides is 1. The smallest absolute Gasteiger partial charge is 0.284 e. The number of carbonyl (C=O) groups excluding carboxylic acids is 2. The number of aryl methyl sites for hydroxylation is 1. The van der Waals surface area contributed by atoms with Crippen LogP contribution in [0.3, 0.4) is 0 Å². The number of benzene rings is 1. The molecule has 1 aliphatic carbocycles. The minimum Gasteiger partial charge on any atom is -0.295 e. The fraction of sp³-hybridized carbons (Fsp3) is 0.412. The van der Waals surface area contributed by atoms with Crippen LogP contribution in [0.5, 0.6) is 0 Å². The van der Waals surface area contributed by atoms with Crippen molar-refractivity contribution in [2.24, 2.45) is 5.41 Å². The topological polar surface area (TPSA) is 83.6 Å². The van der Waals surface area contributed by atoms with Gasteiger partial charge < -0.3 is 0 Å². The van der Waals surface area contributed by atoms with Crippen LogP contribution in [0.1, 0.15) is 39.2 Å². The number of hydrogen-bond acceptors (Lipinski definition) is 5. The summed E-state index contributed by atoms with van der Waals surface area (Å²) in [7, 11) is -4.05. The maximum absolute atomic E-state index is 12.7. The molecule has 0 aliphatic heterocycles. The van der Waals surface area contributed by atoms with Crippen LogP contribution in [0.15, 0.2) is 40.9 Å². The number of nitrogens with one attached hydrogen (secondary N) is 1. The summed E-state index contributed by atoms with van der Waals surface area (Å²) >= 11 is 0. The van der Waals surface area contributed by atoms with Crippen molar-refractivity contribution < 1.29 is 18.0 Å². The third-order valence-corrected chi connectivity index (χ3v) is 5.44. The monoisotopic (exact) mass is 350 g/mol. The van der Waals surface area contributed by atoms with E-state index in [1.165, 1.54) is 18.2 Å². The van der Waals surface area contributed by atoms with Crippen molar-refractivity contribution in [1.82, 2.24) is 9.84 Å². The molecule has 0 fully saturated rings. The van der Waals surface area contributed by atoms with E-state index in [9.17, 15) is 18.0 Å². The largest absolute Gasteiger partial charge is 0.295 e. The molecule has 1 aromatic carbocycles. The highest BCUT2D eigenvalue weighted by atomic mass is 32.2. The van der Waals surface area contributed by atoms with Crippen LogP contribution in [0.2, 0.25) is 0 Å². The molecule has 0 spiro atoms. The molecule has 0 saturated heterocycles. The van der Waals surface area contributed by atoms with Gasteiger partial charge in [0.2, 0.25) is 0 Å². The molecule has 0 radical (unpaired) electrons. The molecule has 0 unspecified atom stereocenters. The fourth-order valence-corrected chi connectivity index (χ4v) is 3.94. The maximum atomic E-state index is 12.7. The molecular formula is C17H22N2O4S. The molecule has 130 valence electrons. The second-order valence-corrected chi connectivity index (χ2v) is 8.65. The highest BCUT2D eigenvalue weighted by molar-refractivity contribution is 7.89. The number of hydrogen-bond donors (Lipinski definition) is 1. The molecular weight excluding hydrogens is 328 g/mol. The standard InChI is InChI=1S/C17H22N2O4S/c1-12-5-7-16(8-6-12)24(22,23)19(13(2)20)18-14-9-15(21)11-17(3,4)10-14/h5-9,18H,10-11H2,1-4H3. The third kappa shape index (κ3) is 4.03. The zero-order chi connectivity index (χ0) is 18.1. The first-order chi connectivity index (χ1) is 11.0. The molecule has 1 amide bonds. The Morgan fingerprint density at radius 2 is 1.75 bits per heavy atom. The second-order valence-electron chi connectivity index (χ2n) is 6.87. The Morgan fingerprint density at radius 1 is 1.17 bits per heavy atom. The van der Waals surface area contributed by atoms with Crippen molar-refractivity contribution in [2.75, 3.05) is 0 Å². The van der Waals surface area contributed by atoms with E-state index in [-0.39, 0.29) is 16.1 Å². The normalized spacial score (nSPS) is 17.2. The van der Waals surface area contributed by atoms with Crippen LogP contribution in [-0.4, -0.2) is 24.5 Å². The first kappa shape index (κ1) is 18.2. The SMILES string of the molecule is CC(=O)N(NC1=CC(=O)CC(C)(C)C1)S(=O)(=O)c1ccc(C)cc1. The van der Waals surface area contributed by atoms with Gasteiger partial charge in [0.1, 0.15) is 0 Å². The van der Waals surface area contributed by atoms with Gasteiger partial charge in [-0.1, -0.05) is 31.5 Å². The maximum Gasteiger partial charge on any atom is 0.284 e. The molecule has 1 aromatic rings. The van der Waals surface area contributed by atoms with E-state index in [0.717, 1.165) is 12.5 Å². The van der Waals surface area contributed by atoms with E-state index in [2.05, 4.69) is 5.43 Å². The minimum absolute atomic E-state index is 0.0118. The fourth-order valence-electron chi connectivity index (χ4n) is 2.67. The van der Waals surface area contributed by atoms with E-state index in [4.69, 9.17) is 0 Å². The number of allylic oxidation sites excluding steroid dienone is 2. The molecule has 1 N–H and O–H groups in total. The van der Waals surface area contributed by atoms with Crippen LogP contribution < -0.4 is 5.43 Å². The Labute approximate surface area is 142 Å². The van der Waals surface area contributed by atoms with Gasteiger partial charge in [-0.2, -0.15) is 8.42 Å². The lowest BCUT2D eigenvalue weighted by atomic mass is 9.79. The van der Waals surface area contributed by atoms with Crippen LogP contribution in [0.25, 0.3) is 0 Å². The van der Waals surface area contributed by atoms with E-state index < -0.39 is 15.9 Å². The van der Waals surface area contributed by atoms with E-state index >= 15 is 0 Å². The van der Waals surface area contributed by atoms with Crippen LogP contribution >= 0.6 is 0 Å². The van der Waals surface area contributed by atoms with Gasteiger partial charge in [0, 0.05) is 25.1 Å². The lowest BCUT2D eigenvalue weighted by molar-refractivity contribution is -0.126. The Morgan fingerprint density at radius 3 is 2.25 bits per heavy atom. The lowest BCUT2D eigenvalue weighted by Crippen LogP contribution is -2.46. The number of hydrazine groups is 1. The second kappa shape index (κ2) is 6.39. The minimum atomic E-state index is -4.05. The van der Waals surface area contributed by atoms with Crippen LogP contribution in [0, 0.1) is 12.3 Å². The zero-order valence-corrected chi connectivity index (χ0v) is 15.1. The summed E-state index contributed by atoms with van der Waals surface area (Å²) < 4.78 is 26.1. The lowest BCUT2D eigenvalue weighted by Gasteiger charge is -2.32. The Hall–Kier alpha value is -2.15. The van der Waals surface area contributed by atoms with E-state index in [1.807, 2.05) is 20.8 Å². The summed E-state index contributed by atoms with van der Waals surface area (Å²) in [4.78, 5) is 23.8. The van der Waals surface area contributed by atoms with Crippen molar-refractivity contribution in [3.05, 3.63) is 41.6 Å². The number of carbonyl (C=O) groups is 2. The average molecular weight is 350 g/mol. The Balaban J connectivity index is 2.35. The van der Waals surface area contributed by atoms with E-state index in [1.54, 1.807) is 12.1 Å². The van der Waals surface area contributed by atoms with Crippen molar-refractivity contribution in [2.45, 2.75) is 45.4 Å². The highest BCUT2D eigenvalue weighted by Gasteiger charge is 2.32. The molecule has 0 bridgehead atoms. The summed E-state index contributed by atoms with van der Waals surface area (Å²) in [6, 6.07) is 6.23. The number of rotatable bonds is 4. The third-order valence-electron chi connectivity index (χ3n) is 3.75. The van der Waals surface area contributed by atoms with E-state index in [0.29, 0.717) is 23.0 Å². The Kier molecular flexibility index (Phi) is 4.85. The average Bonchev–Trinajstić information content (AvgIpc) is 2.42. The van der Waals surface area contributed by atoms with Gasteiger partial charge >= 0.3 is 0 Å². The highest BCUT2D eigenvalue weighted by Crippen LogP contribution is 2.33. The van der Waals surface area contributed by atoms with Crippen molar-refractivity contribution in [3.63, 3.8) is 0 Å². The summed E-state index contributed by atoms with van der Waals surface area (Å²) in [6.45, 7) is 6.85. The van der Waals surface area contributed by atoms with Gasteiger partial charge in [0.25, 0.3) is 15.9 Å². The zero-order valence-electron chi connectivity index (χ0n) is 14.3. The first-order valence-electron chi connectivity index (χ1n) is 7.64. The van der Waals surface area contributed by atoms with Gasteiger partial charge in [0.15, 0.2) is 5.78 Å². The van der Waals surface area contributed by atoms with Gasteiger partial charge in [-0.3, -0.25) is 15.0 Å². The first-order valence-corrected chi connectivity index (χ1v) is 9.08. The number of amides is 1. The molecule has 6 nitrogen and oxygen atoms in total. The molecule has 0 saturated carbocycles. The summed E-state index contributed by atoms with van der Waals surface area (Å²) in [5, 5.41) is 0. The van der Waals surface area contributed by atoms with Gasteiger partial charge in [-0.15, -0.1) is 4.41 Å². The van der Waals surface area contributed by atoms with Crippen LogP contribution in [-0.2, 0) is 19.6 Å². The van der Waals surface area contributed by atoms with Crippen molar-refractivity contribution in [1.29, 1.82) is 0 Å². The van der Waals surface area contributed by atoms with Gasteiger partial charge in [0.05, 0.1) is 4.90 Å². The number of ketones is 1. The molecule has 0 aromatic heterocycles. The summed E-state index contributed by atoms with van der Waals surface area (Å²) in [5.41, 5.74) is 3.68. The van der Waals surface area contributed by atoms with Crippen LogP contribution in [0.4, 0.5) is 0 Å².